The van der Waals surface area contributed by atoms with Crippen molar-refractivity contribution >= 4 is 58.7 Å². The largest absolute Gasteiger partial charge is 0.463 e. The predicted molar refractivity (Wildman–Crippen MR) is 141 cm³/mol. The number of esters is 4. The van der Waals surface area contributed by atoms with E-state index in [2.05, 4.69) is 0 Å². The second kappa shape index (κ2) is 13.9. The van der Waals surface area contributed by atoms with Gasteiger partial charge in [0.1, 0.15) is 18.5 Å². The summed E-state index contributed by atoms with van der Waals surface area (Å²) in [6, 6.07) is 9.01. The van der Waals surface area contributed by atoms with Crippen LogP contribution in [0, 0.1) is 0 Å². The van der Waals surface area contributed by atoms with Crippen molar-refractivity contribution in [3.05, 3.63) is 51.5 Å². The first-order chi connectivity index (χ1) is 18.8. The predicted octanol–water partition coefficient (Wildman–Crippen LogP) is 4.90. The molecule has 5 atom stereocenters. The van der Waals surface area contributed by atoms with Gasteiger partial charge in [-0.3, -0.25) is 19.2 Å². The van der Waals surface area contributed by atoms with Crippen molar-refractivity contribution in [3.8, 4) is 17.2 Å². The van der Waals surface area contributed by atoms with E-state index >= 15 is 0 Å². The van der Waals surface area contributed by atoms with Crippen molar-refractivity contribution in [2.75, 3.05) is 6.61 Å². The van der Waals surface area contributed by atoms with Gasteiger partial charge in [0.2, 0.25) is 12.4 Å². The maximum atomic E-state index is 12.1. The average Bonchev–Trinajstić information content (AvgIpc) is 2.84. The number of halogens is 3. The monoisotopic (exact) mass is 618 g/mol. The van der Waals surface area contributed by atoms with Crippen LogP contribution in [0.5, 0.6) is 17.2 Å². The van der Waals surface area contributed by atoms with Gasteiger partial charge in [-0.25, -0.2) is 0 Å². The van der Waals surface area contributed by atoms with Gasteiger partial charge >= 0.3 is 23.9 Å². The second-order valence-electron chi connectivity index (χ2n) is 8.45. The molecule has 11 nitrogen and oxygen atoms in total. The maximum Gasteiger partial charge on any atom is 0.303 e. The third-order valence-electron chi connectivity index (χ3n) is 5.21. The van der Waals surface area contributed by atoms with Crippen LogP contribution in [0.25, 0.3) is 0 Å². The SMILES string of the molecule is CC(=O)OC[C@H]1O[C@@H](Oc2cc(Cl)ccc2Oc2ccc(Cl)cc2Cl)[C@H](OC(C)=O)[C@@H](OC(C)=O)[C@H]1OC(C)=O. The van der Waals surface area contributed by atoms with Crippen LogP contribution < -0.4 is 9.47 Å². The van der Waals surface area contributed by atoms with E-state index < -0.39 is 61.2 Å². The zero-order valence-electron chi connectivity index (χ0n) is 21.7. The number of carbonyl (C=O) groups excluding carboxylic acids is 4. The molecule has 0 aliphatic carbocycles. The van der Waals surface area contributed by atoms with Crippen molar-refractivity contribution < 1.29 is 52.3 Å². The van der Waals surface area contributed by atoms with Crippen molar-refractivity contribution in [2.45, 2.75) is 58.4 Å². The Hall–Kier alpha value is -3.25. The van der Waals surface area contributed by atoms with Crippen molar-refractivity contribution in [1.29, 1.82) is 0 Å². The molecule has 14 heteroatoms. The Labute approximate surface area is 244 Å². The van der Waals surface area contributed by atoms with Gasteiger partial charge in [0.05, 0.1) is 5.02 Å². The van der Waals surface area contributed by atoms with Gasteiger partial charge in [-0.2, -0.15) is 0 Å². The van der Waals surface area contributed by atoms with Crippen LogP contribution >= 0.6 is 34.8 Å². The molecule has 0 radical (unpaired) electrons. The third kappa shape index (κ3) is 8.62. The summed E-state index contributed by atoms with van der Waals surface area (Å²) in [7, 11) is 0. The molecule has 0 bridgehead atoms. The molecule has 0 unspecified atom stereocenters. The molecule has 0 saturated carbocycles. The standard InChI is InChI=1S/C26H25Cl3O11/c1-12(30)34-11-22-23(35-13(2)31)24(36-14(3)32)25(37-15(4)33)26(40-22)39-21-10-17(28)6-8-20(21)38-19-7-5-16(27)9-18(19)29/h5-10,22-26H,11H2,1-4H3/t22-,23+,24+,25-,26-/m1/s1. The highest BCUT2D eigenvalue weighted by atomic mass is 35.5. The Morgan fingerprint density at radius 1 is 0.700 bits per heavy atom. The molecule has 40 heavy (non-hydrogen) atoms. The topological polar surface area (TPSA) is 133 Å². The van der Waals surface area contributed by atoms with Crippen LogP contribution in [-0.2, 0) is 42.9 Å². The fourth-order valence-electron chi connectivity index (χ4n) is 3.74. The minimum atomic E-state index is -1.50. The Bertz CT molecular complexity index is 1270. The van der Waals surface area contributed by atoms with Gasteiger partial charge in [0, 0.05) is 43.8 Å². The number of hydrogen-bond acceptors (Lipinski definition) is 11. The zero-order chi connectivity index (χ0) is 29.6. The van der Waals surface area contributed by atoms with Gasteiger partial charge in [0.15, 0.2) is 23.7 Å². The smallest absolute Gasteiger partial charge is 0.303 e. The summed E-state index contributed by atoms with van der Waals surface area (Å²) in [6.07, 6.45) is -6.91. The summed E-state index contributed by atoms with van der Waals surface area (Å²) in [5, 5.41) is 0.846. The van der Waals surface area contributed by atoms with E-state index in [1.54, 1.807) is 6.07 Å². The summed E-state index contributed by atoms with van der Waals surface area (Å²) in [6.45, 7) is 4.09. The van der Waals surface area contributed by atoms with E-state index in [4.69, 9.17) is 68.0 Å². The lowest BCUT2D eigenvalue weighted by atomic mass is 9.98. The summed E-state index contributed by atoms with van der Waals surface area (Å²) in [5.41, 5.74) is 0. The van der Waals surface area contributed by atoms with E-state index in [0.29, 0.717) is 5.02 Å². The Kier molecular flexibility index (Phi) is 10.9. The summed E-state index contributed by atoms with van der Waals surface area (Å²) in [4.78, 5) is 47.6. The lowest BCUT2D eigenvalue weighted by Gasteiger charge is -2.44. The summed E-state index contributed by atoms with van der Waals surface area (Å²) >= 11 is 18.4. The molecule has 0 amide bonds. The second-order valence-corrected chi connectivity index (χ2v) is 9.73. The van der Waals surface area contributed by atoms with Crippen LogP contribution in [0.3, 0.4) is 0 Å². The first kappa shape index (κ1) is 31.3. The highest BCUT2D eigenvalue weighted by molar-refractivity contribution is 6.35. The fourth-order valence-corrected chi connectivity index (χ4v) is 4.35. The first-order valence-corrected chi connectivity index (χ1v) is 12.9. The minimum absolute atomic E-state index is 0.0133. The van der Waals surface area contributed by atoms with E-state index in [-0.39, 0.29) is 27.3 Å². The van der Waals surface area contributed by atoms with Gasteiger partial charge in [-0.1, -0.05) is 34.8 Å². The molecule has 0 aromatic heterocycles. The highest BCUT2D eigenvalue weighted by Crippen LogP contribution is 2.40. The molecule has 1 saturated heterocycles. The Balaban J connectivity index is 2.04. The molecule has 1 aliphatic heterocycles. The summed E-state index contributed by atoms with van der Waals surface area (Å²) in [5.74, 6) is -2.60. The zero-order valence-corrected chi connectivity index (χ0v) is 24.0. The summed E-state index contributed by atoms with van der Waals surface area (Å²) < 4.78 is 39.2. The molecular weight excluding hydrogens is 595 g/mol. The Morgan fingerprint density at radius 2 is 1.25 bits per heavy atom. The lowest BCUT2D eigenvalue weighted by molar-refractivity contribution is -0.288. The molecule has 3 rings (SSSR count). The molecule has 2 aromatic rings. The van der Waals surface area contributed by atoms with Gasteiger partial charge in [-0.05, 0) is 30.3 Å². The van der Waals surface area contributed by atoms with E-state index in [0.717, 1.165) is 20.8 Å². The molecule has 2 aromatic carbocycles. The molecule has 0 spiro atoms. The molecule has 1 fully saturated rings. The molecule has 216 valence electrons. The van der Waals surface area contributed by atoms with Crippen LogP contribution in [0.4, 0.5) is 0 Å². The van der Waals surface area contributed by atoms with Gasteiger partial charge < -0.3 is 33.2 Å². The first-order valence-electron chi connectivity index (χ1n) is 11.7. The molecule has 1 aliphatic rings. The lowest BCUT2D eigenvalue weighted by Crippen LogP contribution is -2.63. The van der Waals surface area contributed by atoms with Gasteiger partial charge in [0.25, 0.3) is 0 Å². The van der Waals surface area contributed by atoms with E-state index in [1.165, 1.54) is 37.3 Å². The molecule has 1 heterocycles. The highest BCUT2D eigenvalue weighted by Gasteiger charge is 2.53. The van der Waals surface area contributed by atoms with Crippen molar-refractivity contribution in [2.24, 2.45) is 0 Å². The van der Waals surface area contributed by atoms with Crippen molar-refractivity contribution in [1.82, 2.24) is 0 Å². The van der Waals surface area contributed by atoms with Crippen LogP contribution in [0.15, 0.2) is 36.4 Å². The fraction of sp³-hybridized carbons (Fsp3) is 0.385. The van der Waals surface area contributed by atoms with E-state index in [9.17, 15) is 19.2 Å². The quantitative estimate of drug-likeness (QED) is 0.280. The average molecular weight is 620 g/mol. The van der Waals surface area contributed by atoms with E-state index in [1.807, 2.05) is 0 Å². The van der Waals surface area contributed by atoms with Crippen LogP contribution in [0.1, 0.15) is 27.7 Å². The Morgan fingerprint density at radius 3 is 1.82 bits per heavy atom. The number of benzene rings is 2. The normalized spacial score (nSPS) is 22.0. The number of hydrogen-bond donors (Lipinski definition) is 0. The van der Waals surface area contributed by atoms with Gasteiger partial charge in [-0.15, -0.1) is 0 Å². The number of carbonyl (C=O) groups is 4. The van der Waals surface area contributed by atoms with Crippen LogP contribution in [-0.4, -0.2) is 61.2 Å². The van der Waals surface area contributed by atoms with Crippen LogP contribution in [0.2, 0.25) is 15.1 Å². The number of ether oxygens (including phenoxy) is 7. The van der Waals surface area contributed by atoms with Crippen molar-refractivity contribution in [3.63, 3.8) is 0 Å². The molecular formula is C26H25Cl3O11. The maximum absolute atomic E-state index is 12.1. The third-order valence-corrected chi connectivity index (χ3v) is 5.98. The number of rotatable bonds is 9. The minimum Gasteiger partial charge on any atom is -0.463 e. The molecule has 0 N–H and O–H groups in total.